The van der Waals surface area contributed by atoms with Gasteiger partial charge in [-0.05, 0) is 30.3 Å². The Kier molecular flexibility index (Phi) is 4.12. The minimum absolute atomic E-state index is 0.0297. The molecule has 0 bridgehead atoms. The molecule has 0 amide bonds. The second kappa shape index (κ2) is 6.22. The maximum absolute atomic E-state index is 13.8. The summed E-state index contributed by atoms with van der Waals surface area (Å²) in [4.78, 5) is 16.1. The standard InChI is InChI=1S/C17H11ClFNO3/c1-22-15-8-3-2-5-10(15)16-20-14(17(21)23-16)9-11-12(18)6-4-7-13(11)19/h2-9H,1H3/b14-9-. The molecule has 116 valence electrons. The van der Waals surface area contributed by atoms with Crippen LogP contribution in [0.5, 0.6) is 5.75 Å². The maximum atomic E-state index is 13.8. The maximum Gasteiger partial charge on any atom is 0.363 e. The smallest absolute Gasteiger partial charge is 0.363 e. The summed E-state index contributed by atoms with van der Waals surface area (Å²) in [5, 5.41) is 0.186. The second-order valence-corrected chi connectivity index (χ2v) is 5.08. The van der Waals surface area contributed by atoms with E-state index in [-0.39, 0.29) is 22.2 Å². The van der Waals surface area contributed by atoms with E-state index in [0.29, 0.717) is 11.3 Å². The van der Waals surface area contributed by atoms with E-state index in [1.165, 1.54) is 31.4 Å². The van der Waals surface area contributed by atoms with Crippen LogP contribution in [-0.2, 0) is 9.53 Å². The molecule has 0 aromatic heterocycles. The molecule has 4 nitrogen and oxygen atoms in total. The Morgan fingerprint density at radius 3 is 2.74 bits per heavy atom. The molecule has 1 aliphatic heterocycles. The van der Waals surface area contributed by atoms with Crippen LogP contribution in [0, 0.1) is 5.82 Å². The fourth-order valence-corrected chi connectivity index (χ4v) is 2.35. The highest BCUT2D eigenvalue weighted by atomic mass is 35.5. The number of cyclic esters (lactones) is 1. The lowest BCUT2D eigenvalue weighted by Gasteiger charge is -2.05. The van der Waals surface area contributed by atoms with Gasteiger partial charge in [0, 0.05) is 5.56 Å². The number of esters is 1. The third kappa shape index (κ3) is 2.96. The predicted octanol–water partition coefficient (Wildman–Crippen LogP) is 3.83. The molecule has 0 radical (unpaired) electrons. The van der Waals surface area contributed by atoms with E-state index in [4.69, 9.17) is 21.1 Å². The first kappa shape index (κ1) is 15.2. The van der Waals surface area contributed by atoms with Crippen molar-refractivity contribution >= 4 is 29.5 Å². The molecule has 0 spiro atoms. The van der Waals surface area contributed by atoms with Gasteiger partial charge in [-0.15, -0.1) is 0 Å². The van der Waals surface area contributed by atoms with Gasteiger partial charge in [-0.3, -0.25) is 0 Å². The average Bonchev–Trinajstić information content (AvgIpc) is 2.92. The Bertz CT molecular complexity index is 825. The Morgan fingerprint density at radius 1 is 1.22 bits per heavy atom. The summed E-state index contributed by atoms with van der Waals surface area (Å²) in [7, 11) is 1.51. The molecule has 2 aromatic carbocycles. The van der Waals surface area contributed by atoms with Crippen LogP contribution < -0.4 is 4.74 Å². The van der Waals surface area contributed by atoms with E-state index in [2.05, 4.69) is 4.99 Å². The van der Waals surface area contributed by atoms with Crippen LogP contribution >= 0.6 is 11.6 Å². The summed E-state index contributed by atoms with van der Waals surface area (Å²) >= 11 is 5.95. The van der Waals surface area contributed by atoms with Crippen molar-refractivity contribution in [3.05, 3.63) is 70.1 Å². The van der Waals surface area contributed by atoms with Gasteiger partial charge < -0.3 is 9.47 Å². The van der Waals surface area contributed by atoms with Crippen molar-refractivity contribution in [2.45, 2.75) is 0 Å². The molecule has 6 heteroatoms. The molecule has 1 heterocycles. The highest BCUT2D eigenvalue weighted by Gasteiger charge is 2.26. The number of carbonyl (C=O) groups is 1. The van der Waals surface area contributed by atoms with E-state index >= 15 is 0 Å². The summed E-state index contributed by atoms with van der Waals surface area (Å²) in [6.07, 6.45) is 1.27. The summed E-state index contributed by atoms with van der Waals surface area (Å²) in [6.45, 7) is 0. The topological polar surface area (TPSA) is 47.9 Å². The molecule has 0 saturated carbocycles. The number of halogens is 2. The van der Waals surface area contributed by atoms with Gasteiger partial charge in [0.1, 0.15) is 11.6 Å². The number of ether oxygens (including phenoxy) is 2. The largest absolute Gasteiger partial charge is 0.496 e. The number of carbonyl (C=O) groups excluding carboxylic acids is 1. The van der Waals surface area contributed by atoms with E-state index in [1.807, 2.05) is 0 Å². The van der Waals surface area contributed by atoms with Crippen LogP contribution in [0.3, 0.4) is 0 Å². The third-order valence-electron chi connectivity index (χ3n) is 3.24. The molecule has 0 aliphatic carbocycles. The van der Waals surface area contributed by atoms with Gasteiger partial charge >= 0.3 is 5.97 Å². The molecular formula is C17H11ClFNO3. The van der Waals surface area contributed by atoms with Crippen LogP contribution in [0.15, 0.2) is 53.2 Å². The fraction of sp³-hybridized carbons (Fsp3) is 0.0588. The number of hydrogen-bond donors (Lipinski definition) is 0. The molecule has 0 N–H and O–H groups in total. The third-order valence-corrected chi connectivity index (χ3v) is 3.57. The Hall–Kier alpha value is -2.66. The van der Waals surface area contributed by atoms with Crippen LogP contribution in [0.1, 0.15) is 11.1 Å². The molecule has 3 rings (SSSR count). The van der Waals surface area contributed by atoms with Gasteiger partial charge in [0.05, 0.1) is 17.7 Å². The number of nitrogens with zero attached hydrogens (tertiary/aromatic N) is 1. The molecule has 0 fully saturated rings. The first-order chi connectivity index (χ1) is 11.1. The van der Waals surface area contributed by atoms with Crippen molar-refractivity contribution < 1.29 is 18.7 Å². The number of hydrogen-bond acceptors (Lipinski definition) is 4. The van der Waals surface area contributed by atoms with E-state index in [0.717, 1.165) is 0 Å². The first-order valence-electron chi connectivity index (χ1n) is 6.70. The van der Waals surface area contributed by atoms with Gasteiger partial charge in [-0.2, -0.15) is 0 Å². The van der Waals surface area contributed by atoms with E-state index in [9.17, 15) is 9.18 Å². The van der Waals surface area contributed by atoms with Crippen LogP contribution in [0.2, 0.25) is 5.02 Å². The highest BCUT2D eigenvalue weighted by Crippen LogP contribution is 2.27. The molecule has 0 unspecified atom stereocenters. The van der Waals surface area contributed by atoms with Crippen molar-refractivity contribution in [3.8, 4) is 5.75 Å². The number of aliphatic imine (C=N–C) groups is 1. The Balaban J connectivity index is 2.04. The zero-order valence-corrected chi connectivity index (χ0v) is 12.8. The minimum atomic E-state index is -0.676. The van der Waals surface area contributed by atoms with Crippen LogP contribution in [-0.4, -0.2) is 19.0 Å². The lowest BCUT2D eigenvalue weighted by molar-refractivity contribution is -0.129. The number of methoxy groups -OCH3 is 1. The van der Waals surface area contributed by atoms with Gasteiger partial charge in [0.15, 0.2) is 5.70 Å². The molecule has 0 atom stereocenters. The summed E-state index contributed by atoms with van der Waals surface area (Å²) in [6, 6.07) is 11.3. The van der Waals surface area contributed by atoms with Crippen molar-refractivity contribution in [1.29, 1.82) is 0 Å². The zero-order valence-electron chi connectivity index (χ0n) is 12.0. The summed E-state index contributed by atoms with van der Waals surface area (Å²) in [5.41, 5.74) is 0.593. The van der Waals surface area contributed by atoms with Crippen LogP contribution in [0.25, 0.3) is 6.08 Å². The Labute approximate surface area is 136 Å². The monoisotopic (exact) mass is 331 g/mol. The van der Waals surface area contributed by atoms with Gasteiger partial charge in [0.25, 0.3) is 0 Å². The van der Waals surface area contributed by atoms with Gasteiger partial charge in [-0.25, -0.2) is 14.2 Å². The van der Waals surface area contributed by atoms with Crippen molar-refractivity contribution in [2.75, 3.05) is 7.11 Å². The number of para-hydroxylation sites is 1. The summed E-state index contributed by atoms with van der Waals surface area (Å²) < 4.78 is 24.2. The Morgan fingerprint density at radius 2 is 2.00 bits per heavy atom. The second-order valence-electron chi connectivity index (χ2n) is 4.67. The number of benzene rings is 2. The first-order valence-corrected chi connectivity index (χ1v) is 7.08. The molecule has 2 aromatic rings. The van der Waals surface area contributed by atoms with Crippen molar-refractivity contribution in [2.24, 2.45) is 4.99 Å². The van der Waals surface area contributed by atoms with Crippen LogP contribution in [0.4, 0.5) is 4.39 Å². The highest BCUT2D eigenvalue weighted by molar-refractivity contribution is 6.32. The number of rotatable bonds is 3. The average molecular weight is 332 g/mol. The predicted molar refractivity (Wildman–Crippen MR) is 85.0 cm³/mol. The lowest BCUT2D eigenvalue weighted by Crippen LogP contribution is -2.06. The van der Waals surface area contributed by atoms with Crippen molar-refractivity contribution in [3.63, 3.8) is 0 Å². The van der Waals surface area contributed by atoms with E-state index in [1.54, 1.807) is 24.3 Å². The quantitative estimate of drug-likeness (QED) is 0.634. The molecule has 1 aliphatic rings. The molecule has 23 heavy (non-hydrogen) atoms. The van der Waals surface area contributed by atoms with Gasteiger partial charge in [0.2, 0.25) is 5.90 Å². The fourth-order valence-electron chi connectivity index (χ4n) is 2.13. The minimum Gasteiger partial charge on any atom is -0.496 e. The van der Waals surface area contributed by atoms with Gasteiger partial charge in [-0.1, -0.05) is 29.8 Å². The van der Waals surface area contributed by atoms with E-state index < -0.39 is 11.8 Å². The molecule has 0 saturated heterocycles. The van der Waals surface area contributed by atoms with Crippen molar-refractivity contribution in [1.82, 2.24) is 0 Å². The normalized spacial score (nSPS) is 15.5. The molecular weight excluding hydrogens is 321 g/mol. The SMILES string of the molecule is COc1ccccc1C1=N/C(=C\c2c(F)cccc2Cl)C(=O)O1. The lowest BCUT2D eigenvalue weighted by atomic mass is 10.2. The summed E-state index contributed by atoms with van der Waals surface area (Å²) in [5.74, 6) is -0.598. The zero-order chi connectivity index (χ0) is 16.4.